The maximum atomic E-state index is 12.5. The largest absolute Gasteiger partial charge is 0.348 e. The first kappa shape index (κ1) is 15.1. The van der Waals surface area contributed by atoms with Crippen LogP contribution in [-0.2, 0) is 6.54 Å². The summed E-state index contributed by atoms with van der Waals surface area (Å²) in [5.41, 5.74) is 1.70. The zero-order chi connectivity index (χ0) is 14.7. The Bertz CT molecular complexity index is 464. The van der Waals surface area contributed by atoms with Crippen molar-refractivity contribution < 1.29 is 4.79 Å². The van der Waals surface area contributed by atoms with E-state index in [2.05, 4.69) is 31.2 Å². The molecule has 2 unspecified atom stereocenters. The molecule has 4 heteroatoms. The minimum atomic E-state index is 0.0327. The van der Waals surface area contributed by atoms with Crippen LogP contribution in [0.4, 0.5) is 0 Å². The van der Waals surface area contributed by atoms with Crippen LogP contribution >= 0.6 is 0 Å². The molecule has 1 aromatic rings. The van der Waals surface area contributed by atoms with Crippen LogP contribution < -0.4 is 5.32 Å². The van der Waals surface area contributed by atoms with Gasteiger partial charge in [-0.15, -0.1) is 0 Å². The molecule has 1 amide bonds. The summed E-state index contributed by atoms with van der Waals surface area (Å²) in [6.45, 7) is 9.23. The molecule has 1 aliphatic carbocycles. The standard InChI is InChI=1S/C16H27N3O/c1-5-19-15(10-14(18-19)11(2)3)16(20)17-13-8-6-7-12(4)9-13/h10-13H,5-9H2,1-4H3,(H,17,20). The van der Waals surface area contributed by atoms with Gasteiger partial charge in [-0.1, -0.05) is 33.6 Å². The summed E-state index contributed by atoms with van der Waals surface area (Å²) in [6, 6.07) is 2.27. The van der Waals surface area contributed by atoms with Gasteiger partial charge in [0.05, 0.1) is 5.69 Å². The second kappa shape index (κ2) is 6.42. The van der Waals surface area contributed by atoms with Crippen LogP contribution in [0, 0.1) is 5.92 Å². The number of nitrogens with zero attached hydrogens (tertiary/aromatic N) is 2. The van der Waals surface area contributed by atoms with E-state index in [1.54, 1.807) is 0 Å². The highest BCUT2D eigenvalue weighted by Crippen LogP contribution is 2.24. The van der Waals surface area contributed by atoms with Crippen LogP contribution in [0.15, 0.2) is 6.07 Å². The summed E-state index contributed by atoms with van der Waals surface area (Å²) < 4.78 is 1.82. The molecule has 1 N–H and O–H groups in total. The number of hydrogen-bond donors (Lipinski definition) is 1. The molecular formula is C16H27N3O. The number of aryl methyl sites for hydroxylation is 1. The summed E-state index contributed by atoms with van der Waals surface area (Å²) in [6.07, 6.45) is 4.71. The van der Waals surface area contributed by atoms with Crippen LogP contribution in [0.25, 0.3) is 0 Å². The molecule has 1 saturated carbocycles. The molecule has 1 aromatic heterocycles. The van der Waals surface area contributed by atoms with Gasteiger partial charge in [-0.3, -0.25) is 9.48 Å². The monoisotopic (exact) mass is 277 g/mol. The number of carbonyl (C=O) groups excluding carboxylic acids is 1. The fourth-order valence-electron chi connectivity index (χ4n) is 2.97. The fraction of sp³-hybridized carbons (Fsp3) is 0.750. The second-order valence-corrected chi connectivity index (χ2v) is 6.37. The first-order chi connectivity index (χ1) is 9.51. The lowest BCUT2D eigenvalue weighted by Crippen LogP contribution is -2.38. The number of hydrogen-bond acceptors (Lipinski definition) is 2. The normalized spacial score (nSPS) is 23.1. The molecule has 0 aliphatic heterocycles. The third-order valence-electron chi connectivity index (χ3n) is 4.19. The smallest absolute Gasteiger partial charge is 0.269 e. The quantitative estimate of drug-likeness (QED) is 0.917. The van der Waals surface area contributed by atoms with Crippen molar-refractivity contribution in [2.75, 3.05) is 0 Å². The Hall–Kier alpha value is -1.32. The lowest BCUT2D eigenvalue weighted by atomic mass is 9.87. The maximum absolute atomic E-state index is 12.5. The summed E-state index contributed by atoms with van der Waals surface area (Å²) in [4.78, 5) is 12.5. The van der Waals surface area contributed by atoms with Crippen molar-refractivity contribution in [3.05, 3.63) is 17.5 Å². The number of aromatic nitrogens is 2. The lowest BCUT2D eigenvalue weighted by Gasteiger charge is -2.27. The first-order valence-corrected chi connectivity index (χ1v) is 7.89. The van der Waals surface area contributed by atoms with E-state index >= 15 is 0 Å². The van der Waals surface area contributed by atoms with E-state index in [4.69, 9.17) is 0 Å². The van der Waals surface area contributed by atoms with E-state index in [1.807, 2.05) is 17.7 Å². The van der Waals surface area contributed by atoms with E-state index in [0.29, 0.717) is 17.7 Å². The number of nitrogens with one attached hydrogen (secondary N) is 1. The van der Waals surface area contributed by atoms with E-state index in [0.717, 1.165) is 31.0 Å². The minimum absolute atomic E-state index is 0.0327. The van der Waals surface area contributed by atoms with E-state index in [9.17, 15) is 4.79 Å². The molecule has 4 nitrogen and oxygen atoms in total. The van der Waals surface area contributed by atoms with Gasteiger partial charge in [0.15, 0.2) is 0 Å². The Morgan fingerprint density at radius 3 is 2.85 bits per heavy atom. The number of rotatable bonds is 4. The molecular weight excluding hydrogens is 250 g/mol. The fourth-order valence-corrected chi connectivity index (χ4v) is 2.97. The van der Waals surface area contributed by atoms with Crippen LogP contribution in [0.5, 0.6) is 0 Å². The molecule has 2 atom stereocenters. The Morgan fingerprint density at radius 1 is 1.50 bits per heavy atom. The summed E-state index contributed by atoms with van der Waals surface area (Å²) in [5, 5.41) is 7.71. The zero-order valence-electron chi connectivity index (χ0n) is 13.1. The van der Waals surface area contributed by atoms with Gasteiger partial charge in [-0.05, 0) is 37.7 Å². The van der Waals surface area contributed by atoms with Crippen molar-refractivity contribution in [3.63, 3.8) is 0 Å². The van der Waals surface area contributed by atoms with E-state index in [1.165, 1.54) is 12.8 Å². The molecule has 0 saturated heterocycles. The number of carbonyl (C=O) groups is 1. The minimum Gasteiger partial charge on any atom is -0.348 e. The molecule has 1 heterocycles. The molecule has 1 fully saturated rings. The maximum Gasteiger partial charge on any atom is 0.269 e. The summed E-state index contributed by atoms with van der Waals surface area (Å²) >= 11 is 0. The zero-order valence-corrected chi connectivity index (χ0v) is 13.1. The van der Waals surface area contributed by atoms with Gasteiger partial charge in [0.2, 0.25) is 0 Å². The Balaban J connectivity index is 2.08. The van der Waals surface area contributed by atoms with Crippen LogP contribution in [-0.4, -0.2) is 21.7 Å². The van der Waals surface area contributed by atoms with Crippen molar-refractivity contribution in [1.82, 2.24) is 15.1 Å². The molecule has 112 valence electrons. The summed E-state index contributed by atoms with van der Waals surface area (Å²) in [5.74, 6) is 1.10. The van der Waals surface area contributed by atoms with E-state index in [-0.39, 0.29) is 5.91 Å². The van der Waals surface area contributed by atoms with Crippen molar-refractivity contribution in [1.29, 1.82) is 0 Å². The van der Waals surface area contributed by atoms with Crippen molar-refractivity contribution in [3.8, 4) is 0 Å². The van der Waals surface area contributed by atoms with Crippen molar-refractivity contribution >= 4 is 5.91 Å². The highest BCUT2D eigenvalue weighted by Gasteiger charge is 2.23. The molecule has 1 aliphatic rings. The molecule has 2 rings (SSSR count). The van der Waals surface area contributed by atoms with Crippen LogP contribution in [0.1, 0.15) is 75.5 Å². The molecule has 0 radical (unpaired) electrons. The van der Waals surface area contributed by atoms with Gasteiger partial charge in [-0.2, -0.15) is 5.10 Å². The lowest BCUT2D eigenvalue weighted by molar-refractivity contribution is 0.0910. The Kier molecular flexibility index (Phi) is 4.84. The third-order valence-corrected chi connectivity index (χ3v) is 4.19. The highest BCUT2D eigenvalue weighted by molar-refractivity contribution is 5.92. The van der Waals surface area contributed by atoms with Gasteiger partial charge in [0.1, 0.15) is 5.69 Å². The van der Waals surface area contributed by atoms with Gasteiger partial charge in [-0.25, -0.2) is 0 Å². The van der Waals surface area contributed by atoms with Gasteiger partial charge in [0, 0.05) is 12.6 Å². The Labute approximate surface area is 121 Å². The van der Waals surface area contributed by atoms with Gasteiger partial charge < -0.3 is 5.32 Å². The SMILES string of the molecule is CCn1nc(C(C)C)cc1C(=O)NC1CCCC(C)C1. The Morgan fingerprint density at radius 2 is 2.25 bits per heavy atom. The van der Waals surface area contributed by atoms with Crippen LogP contribution in [0.2, 0.25) is 0 Å². The van der Waals surface area contributed by atoms with E-state index < -0.39 is 0 Å². The second-order valence-electron chi connectivity index (χ2n) is 6.37. The van der Waals surface area contributed by atoms with Gasteiger partial charge in [0.25, 0.3) is 5.91 Å². The van der Waals surface area contributed by atoms with Crippen LogP contribution in [0.3, 0.4) is 0 Å². The first-order valence-electron chi connectivity index (χ1n) is 7.89. The third kappa shape index (κ3) is 3.41. The molecule has 0 aromatic carbocycles. The summed E-state index contributed by atoms with van der Waals surface area (Å²) in [7, 11) is 0. The molecule has 0 spiro atoms. The van der Waals surface area contributed by atoms with Gasteiger partial charge >= 0.3 is 0 Å². The topological polar surface area (TPSA) is 46.9 Å². The molecule has 0 bridgehead atoms. The van der Waals surface area contributed by atoms with Crippen molar-refractivity contribution in [2.24, 2.45) is 5.92 Å². The average Bonchev–Trinajstić information content (AvgIpc) is 2.83. The predicted octanol–water partition coefficient (Wildman–Crippen LogP) is 3.33. The molecule has 20 heavy (non-hydrogen) atoms. The predicted molar refractivity (Wildman–Crippen MR) is 80.9 cm³/mol. The average molecular weight is 277 g/mol. The number of amides is 1. The van der Waals surface area contributed by atoms with Crippen molar-refractivity contribution in [2.45, 2.75) is 71.9 Å². The highest BCUT2D eigenvalue weighted by atomic mass is 16.2.